The minimum atomic E-state index is -3.76. The third-order valence-corrected chi connectivity index (χ3v) is 5.62. The van der Waals surface area contributed by atoms with Crippen molar-refractivity contribution in [1.82, 2.24) is 10.2 Å². The molecule has 0 saturated carbocycles. The van der Waals surface area contributed by atoms with Crippen LogP contribution in [0, 0.1) is 20.8 Å². The summed E-state index contributed by atoms with van der Waals surface area (Å²) in [6, 6.07) is 11.9. The van der Waals surface area contributed by atoms with Crippen molar-refractivity contribution in [2.45, 2.75) is 25.7 Å². The van der Waals surface area contributed by atoms with Gasteiger partial charge in [0.05, 0.1) is 4.90 Å². The Morgan fingerprint density at radius 1 is 1.00 bits per heavy atom. The van der Waals surface area contributed by atoms with Crippen molar-refractivity contribution in [1.29, 1.82) is 0 Å². The molecule has 1 N–H and O–H groups in total. The van der Waals surface area contributed by atoms with Gasteiger partial charge in [0.2, 0.25) is 11.8 Å². The quantitative estimate of drug-likeness (QED) is 0.724. The van der Waals surface area contributed by atoms with Crippen LogP contribution in [-0.2, 0) is 14.6 Å². The van der Waals surface area contributed by atoms with E-state index in [9.17, 15) is 13.2 Å². The van der Waals surface area contributed by atoms with Crippen molar-refractivity contribution in [3.05, 3.63) is 59.2 Å². The lowest BCUT2D eigenvalue weighted by Crippen LogP contribution is -2.23. The van der Waals surface area contributed by atoms with Crippen molar-refractivity contribution >= 4 is 21.8 Å². The van der Waals surface area contributed by atoms with E-state index in [4.69, 9.17) is 4.42 Å². The molecule has 0 atom stereocenters. The normalized spacial score (nSPS) is 11.4. The second-order valence-electron chi connectivity index (χ2n) is 6.35. The third-order valence-electron chi connectivity index (χ3n) is 3.98. The number of hydrogen-bond donors (Lipinski definition) is 1. The van der Waals surface area contributed by atoms with Gasteiger partial charge in [0.15, 0.2) is 9.84 Å². The molecule has 7 nitrogen and oxygen atoms in total. The number of nitrogens with one attached hydrogen (secondary N) is 1. The van der Waals surface area contributed by atoms with Crippen LogP contribution in [-0.4, -0.2) is 30.3 Å². The van der Waals surface area contributed by atoms with Gasteiger partial charge in [-0.15, -0.1) is 5.10 Å². The first kappa shape index (κ1) is 18.8. The largest absolute Gasteiger partial charge is 0.403 e. The molecule has 0 radical (unpaired) electrons. The Hall–Kier alpha value is -3.00. The van der Waals surface area contributed by atoms with E-state index < -0.39 is 21.5 Å². The molecule has 0 fully saturated rings. The number of amides is 1. The first-order chi connectivity index (χ1) is 12.7. The fourth-order valence-electron chi connectivity index (χ4n) is 2.59. The lowest BCUT2D eigenvalue weighted by atomic mass is 10.1. The number of carbonyl (C=O) groups is 1. The highest BCUT2D eigenvalue weighted by atomic mass is 32.2. The highest BCUT2D eigenvalue weighted by molar-refractivity contribution is 7.92. The fraction of sp³-hybridized carbons (Fsp3) is 0.211. The van der Waals surface area contributed by atoms with E-state index in [-0.39, 0.29) is 16.8 Å². The number of benzene rings is 2. The van der Waals surface area contributed by atoms with Crippen molar-refractivity contribution in [2.75, 3.05) is 11.1 Å². The maximum Gasteiger partial charge on any atom is 0.322 e. The highest BCUT2D eigenvalue weighted by Gasteiger charge is 2.21. The molecule has 0 spiro atoms. The Kier molecular flexibility index (Phi) is 5.09. The molecule has 1 heterocycles. The summed E-state index contributed by atoms with van der Waals surface area (Å²) in [7, 11) is -3.76. The van der Waals surface area contributed by atoms with Crippen LogP contribution < -0.4 is 5.32 Å². The monoisotopic (exact) mass is 385 g/mol. The van der Waals surface area contributed by atoms with Crippen LogP contribution in [0.4, 0.5) is 6.01 Å². The topological polar surface area (TPSA) is 102 Å². The van der Waals surface area contributed by atoms with Gasteiger partial charge in [-0.25, -0.2) is 8.42 Å². The lowest BCUT2D eigenvalue weighted by molar-refractivity contribution is -0.114. The molecule has 0 unspecified atom stereocenters. The summed E-state index contributed by atoms with van der Waals surface area (Å²) in [6.07, 6.45) is 0. The van der Waals surface area contributed by atoms with Gasteiger partial charge in [-0.2, -0.15) is 0 Å². The molecule has 8 heteroatoms. The van der Waals surface area contributed by atoms with Gasteiger partial charge in [-0.05, 0) is 44.5 Å². The second kappa shape index (κ2) is 7.32. The summed E-state index contributed by atoms with van der Waals surface area (Å²) in [4.78, 5) is 12.2. The zero-order valence-electron chi connectivity index (χ0n) is 15.2. The molecule has 0 aliphatic rings. The van der Waals surface area contributed by atoms with Crippen LogP contribution >= 0.6 is 0 Å². The summed E-state index contributed by atoms with van der Waals surface area (Å²) in [5, 5.41) is 10.0. The van der Waals surface area contributed by atoms with Crippen LogP contribution in [0.25, 0.3) is 11.5 Å². The summed E-state index contributed by atoms with van der Waals surface area (Å²) in [6.45, 7) is 5.75. The van der Waals surface area contributed by atoms with Crippen molar-refractivity contribution in [2.24, 2.45) is 0 Å². The number of sulfone groups is 1. The number of hydrogen-bond acceptors (Lipinski definition) is 6. The van der Waals surface area contributed by atoms with E-state index in [1.807, 2.05) is 39.0 Å². The number of aryl methyl sites for hydroxylation is 3. The molecular weight excluding hydrogens is 366 g/mol. The zero-order valence-corrected chi connectivity index (χ0v) is 16.0. The van der Waals surface area contributed by atoms with Gasteiger partial charge in [-0.3, -0.25) is 10.1 Å². The number of nitrogens with zero attached hydrogens (tertiary/aromatic N) is 2. The number of carbonyl (C=O) groups excluding carboxylic acids is 1. The molecule has 0 saturated heterocycles. The van der Waals surface area contributed by atoms with Crippen LogP contribution in [0.1, 0.15) is 16.7 Å². The Labute approximate surface area is 157 Å². The van der Waals surface area contributed by atoms with E-state index in [0.717, 1.165) is 22.3 Å². The van der Waals surface area contributed by atoms with Crippen LogP contribution in [0.15, 0.2) is 51.8 Å². The molecule has 0 aliphatic heterocycles. The van der Waals surface area contributed by atoms with Crippen molar-refractivity contribution < 1.29 is 17.6 Å². The predicted molar refractivity (Wildman–Crippen MR) is 101 cm³/mol. The maximum atomic E-state index is 12.3. The summed E-state index contributed by atoms with van der Waals surface area (Å²) < 4.78 is 30.1. The third kappa shape index (κ3) is 4.40. The van der Waals surface area contributed by atoms with Crippen molar-refractivity contribution in [3.63, 3.8) is 0 Å². The maximum absolute atomic E-state index is 12.3. The molecule has 140 valence electrons. The molecular formula is C19H19N3O4S. The van der Waals surface area contributed by atoms with Gasteiger partial charge in [-0.1, -0.05) is 40.5 Å². The van der Waals surface area contributed by atoms with Crippen LogP contribution in [0.3, 0.4) is 0 Å². The SMILES string of the molecule is Cc1ccc(S(=O)(=O)CC(=O)Nc2nnc(-c3ccc(C)cc3C)o2)cc1. The number of anilines is 1. The Bertz CT molecular complexity index is 1090. The number of rotatable bonds is 5. The molecule has 0 aliphatic carbocycles. The Balaban J connectivity index is 1.71. The van der Waals surface area contributed by atoms with Crippen molar-refractivity contribution in [3.8, 4) is 11.5 Å². The number of aromatic nitrogens is 2. The first-order valence-corrected chi connectivity index (χ1v) is 9.90. The summed E-state index contributed by atoms with van der Waals surface area (Å²) in [5.74, 6) is -1.20. The van der Waals surface area contributed by atoms with Gasteiger partial charge < -0.3 is 4.42 Å². The molecule has 3 rings (SSSR count). The first-order valence-electron chi connectivity index (χ1n) is 8.25. The zero-order chi connectivity index (χ0) is 19.6. The van der Waals surface area contributed by atoms with E-state index >= 15 is 0 Å². The van der Waals surface area contributed by atoms with Gasteiger partial charge in [0.25, 0.3) is 0 Å². The van der Waals surface area contributed by atoms with E-state index in [2.05, 4.69) is 15.5 Å². The Morgan fingerprint density at radius 2 is 1.67 bits per heavy atom. The average molecular weight is 385 g/mol. The minimum absolute atomic E-state index is 0.0877. The molecule has 27 heavy (non-hydrogen) atoms. The molecule has 2 aromatic carbocycles. The van der Waals surface area contributed by atoms with Gasteiger partial charge in [0.1, 0.15) is 5.75 Å². The molecule has 0 bridgehead atoms. The van der Waals surface area contributed by atoms with E-state index in [1.165, 1.54) is 12.1 Å². The summed E-state index contributed by atoms with van der Waals surface area (Å²) >= 11 is 0. The molecule has 3 aromatic rings. The van der Waals surface area contributed by atoms with Crippen LogP contribution in [0.5, 0.6) is 0 Å². The highest BCUT2D eigenvalue weighted by Crippen LogP contribution is 2.24. The Morgan fingerprint density at radius 3 is 2.33 bits per heavy atom. The predicted octanol–water partition coefficient (Wildman–Crippen LogP) is 3.07. The van der Waals surface area contributed by atoms with E-state index in [1.54, 1.807) is 12.1 Å². The van der Waals surface area contributed by atoms with E-state index in [0.29, 0.717) is 0 Å². The molecule has 1 amide bonds. The lowest BCUT2D eigenvalue weighted by Gasteiger charge is -2.04. The smallest absolute Gasteiger partial charge is 0.322 e. The standard InChI is InChI=1S/C19H19N3O4S/c1-12-4-7-15(8-5-12)27(24,25)11-17(23)20-19-22-21-18(26-19)16-9-6-13(2)10-14(16)3/h4-10H,11H2,1-3H3,(H,20,22,23). The average Bonchev–Trinajstić information content (AvgIpc) is 3.02. The minimum Gasteiger partial charge on any atom is -0.403 e. The second-order valence-corrected chi connectivity index (χ2v) is 8.34. The summed E-state index contributed by atoms with van der Waals surface area (Å²) in [5.41, 5.74) is 3.74. The molecule has 1 aromatic heterocycles. The fourth-order valence-corrected chi connectivity index (χ4v) is 3.73. The van der Waals surface area contributed by atoms with Gasteiger partial charge in [0, 0.05) is 5.56 Å². The van der Waals surface area contributed by atoms with Gasteiger partial charge >= 0.3 is 6.01 Å². The van der Waals surface area contributed by atoms with Crippen LogP contribution in [0.2, 0.25) is 0 Å².